The van der Waals surface area contributed by atoms with Crippen LogP contribution in [0.3, 0.4) is 0 Å². The molecule has 0 spiro atoms. The first-order chi connectivity index (χ1) is 27.5. The van der Waals surface area contributed by atoms with E-state index in [4.69, 9.17) is 0 Å². The average Bonchev–Trinajstić information content (AvgIpc) is 3.90. The van der Waals surface area contributed by atoms with E-state index in [9.17, 15) is 13.7 Å². The van der Waals surface area contributed by atoms with Crippen LogP contribution in [0.5, 0.6) is 0 Å². The number of nitrogens with zero attached hydrogens (tertiary/aromatic N) is 4. The van der Waals surface area contributed by atoms with Crippen molar-refractivity contribution in [3.05, 3.63) is 188 Å². The number of fused-ring (bicyclic) bond motifs is 11. The summed E-state index contributed by atoms with van der Waals surface area (Å²) in [5, 5.41) is 16.0. The molecule has 264 valence electrons. The summed E-state index contributed by atoms with van der Waals surface area (Å²) in [6.45, 7) is 0. The summed E-state index contributed by atoms with van der Waals surface area (Å²) in [5.41, 5.74) is 9.80. The molecule has 11 aromatic rings. The topological polar surface area (TPSA) is 72.7 Å². The number of sulfone groups is 1. The molecule has 0 N–H and O–H groups in total. The maximum atomic E-state index is 13.9. The molecule has 0 fully saturated rings. The van der Waals surface area contributed by atoms with E-state index >= 15 is 0 Å². The molecule has 0 radical (unpaired) electrons. The lowest BCUT2D eigenvalue weighted by Gasteiger charge is -2.14. The Hall–Kier alpha value is -7.40. The molecule has 8 aromatic carbocycles. The highest BCUT2D eigenvalue weighted by atomic mass is 32.2. The summed E-state index contributed by atoms with van der Waals surface area (Å²) < 4.78 is 34.8. The smallest absolute Gasteiger partial charge is 0.206 e. The van der Waals surface area contributed by atoms with E-state index in [1.807, 2.05) is 24.3 Å². The van der Waals surface area contributed by atoms with Crippen molar-refractivity contribution in [2.75, 3.05) is 0 Å². The van der Waals surface area contributed by atoms with Crippen LogP contribution >= 0.6 is 0 Å². The van der Waals surface area contributed by atoms with E-state index in [1.54, 1.807) is 12.1 Å². The van der Waals surface area contributed by atoms with E-state index in [2.05, 4.69) is 141 Å². The number of hydrogen-bond donors (Lipinski definition) is 0. The Labute approximate surface area is 321 Å². The summed E-state index contributed by atoms with van der Waals surface area (Å²) in [6, 6.07) is 62.3. The quantitative estimate of drug-likeness (QED) is 0.176. The lowest BCUT2D eigenvalue weighted by molar-refractivity contribution is 0.596. The molecule has 3 aromatic heterocycles. The molecular weight excluding hydrogens is 709 g/mol. The third-order valence-corrected chi connectivity index (χ3v) is 12.9. The van der Waals surface area contributed by atoms with Crippen molar-refractivity contribution >= 4 is 75.3 Å². The van der Waals surface area contributed by atoms with Crippen molar-refractivity contribution in [1.29, 1.82) is 5.26 Å². The van der Waals surface area contributed by atoms with E-state index in [0.29, 0.717) is 5.56 Å². The van der Waals surface area contributed by atoms with Crippen molar-refractivity contribution in [3.63, 3.8) is 0 Å². The molecular formula is C49H30N4O2S. The molecule has 0 saturated heterocycles. The number of benzene rings is 8. The van der Waals surface area contributed by atoms with Gasteiger partial charge in [0.05, 0.1) is 54.5 Å². The van der Waals surface area contributed by atoms with Gasteiger partial charge in [-0.25, -0.2) is 8.42 Å². The zero-order valence-electron chi connectivity index (χ0n) is 29.8. The van der Waals surface area contributed by atoms with Crippen LogP contribution in [-0.2, 0) is 9.84 Å². The average molecular weight is 739 g/mol. The minimum absolute atomic E-state index is 0.144. The van der Waals surface area contributed by atoms with Crippen LogP contribution in [0.1, 0.15) is 5.56 Å². The van der Waals surface area contributed by atoms with Gasteiger partial charge in [-0.15, -0.1) is 0 Å². The Morgan fingerprint density at radius 2 is 0.839 bits per heavy atom. The molecule has 11 rings (SSSR count). The van der Waals surface area contributed by atoms with Gasteiger partial charge in [-0.3, -0.25) is 0 Å². The molecule has 56 heavy (non-hydrogen) atoms. The minimum atomic E-state index is -3.85. The van der Waals surface area contributed by atoms with Crippen molar-refractivity contribution in [3.8, 4) is 23.1 Å². The summed E-state index contributed by atoms with van der Waals surface area (Å²) >= 11 is 0. The first-order valence-electron chi connectivity index (χ1n) is 18.4. The van der Waals surface area contributed by atoms with Crippen molar-refractivity contribution in [2.45, 2.75) is 9.79 Å². The van der Waals surface area contributed by atoms with Crippen molar-refractivity contribution in [1.82, 2.24) is 13.7 Å². The Morgan fingerprint density at radius 3 is 1.48 bits per heavy atom. The van der Waals surface area contributed by atoms with E-state index < -0.39 is 9.84 Å². The van der Waals surface area contributed by atoms with Crippen LogP contribution in [0.2, 0.25) is 0 Å². The molecule has 0 amide bonds. The highest BCUT2D eigenvalue weighted by molar-refractivity contribution is 7.91. The van der Waals surface area contributed by atoms with Crippen molar-refractivity contribution < 1.29 is 8.42 Å². The van der Waals surface area contributed by atoms with Gasteiger partial charge in [-0.1, -0.05) is 91.0 Å². The summed E-state index contributed by atoms with van der Waals surface area (Å²) in [7, 11) is -3.85. The maximum absolute atomic E-state index is 13.9. The normalized spacial score (nSPS) is 12.1. The van der Waals surface area contributed by atoms with Crippen LogP contribution in [0.25, 0.3) is 82.5 Å². The second-order valence-corrected chi connectivity index (χ2v) is 16.0. The third-order valence-electron chi connectivity index (χ3n) is 11.1. The first-order valence-corrected chi connectivity index (χ1v) is 19.9. The van der Waals surface area contributed by atoms with Gasteiger partial charge in [0.25, 0.3) is 0 Å². The highest BCUT2D eigenvalue weighted by Gasteiger charge is 2.25. The molecule has 0 aliphatic heterocycles. The molecule has 0 bridgehead atoms. The molecule has 0 aliphatic carbocycles. The van der Waals surface area contributed by atoms with E-state index in [1.165, 1.54) is 24.3 Å². The molecule has 0 saturated carbocycles. The molecule has 6 nitrogen and oxygen atoms in total. The Morgan fingerprint density at radius 1 is 0.375 bits per heavy atom. The van der Waals surface area contributed by atoms with Crippen molar-refractivity contribution in [2.24, 2.45) is 0 Å². The predicted octanol–water partition coefficient (Wildman–Crippen LogP) is 11.7. The molecule has 0 aliphatic rings. The Kier molecular flexibility index (Phi) is 6.90. The largest absolute Gasteiger partial charge is 0.309 e. The fraction of sp³-hybridized carbons (Fsp3) is 0. The lowest BCUT2D eigenvalue weighted by Crippen LogP contribution is -2.03. The summed E-state index contributed by atoms with van der Waals surface area (Å²) in [6.07, 6.45) is 0. The molecule has 0 atom stereocenters. The van der Waals surface area contributed by atoms with Gasteiger partial charge in [0.1, 0.15) is 0 Å². The summed E-state index contributed by atoms with van der Waals surface area (Å²) in [5.74, 6) is 0. The molecule has 7 heteroatoms. The van der Waals surface area contributed by atoms with Crippen LogP contribution in [-0.4, -0.2) is 22.1 Å². The molecule has 3 heterocycles. The van der Waals surface area contributed by atoms with E-state index in [0.717, 1.165) is 82.5 Å². The van der Waals surface area contributed by atoms with Crippen LogP contribution in [0.4, 0.5) is 0 Å². The van der Waals surface area contributed by atoms with Gasteiger partial charge in [-0.2, -0.15) is 5.26 Å². The first kappa shape index (κ1) is 32.1. The Bertz CT molecular complexity index is 3520. The number of para-hydroxylation sites is 4. The Balaban J connectivity index is 1.30. The fourth-order valence-corrected chi connectivity index (χ4v) is 9.93. The third kappa shape index (κ3) is 4.51. The minimum Gasteiger partial charge on any atom is -0.309 e. The van der Waals surface area contributed by atoms with Gasteiger partial charge in [0, 0.05) is 49.4 Å². The molecule has 0 unspecified atom stereocenters. The number of hydrogen-bond acceptors (Lipinski definition) is 3. The van der Waals surface area contributed by atoms with Crippen LogP contribution in [0, 0.1) is 11.3 Å². The van der Waals surface area contributed by atoms with Gasteiger partial charge >= 0.3 is 0 Å². The number of nitriles is 1. The number of aromatic nitrogens is 3. The van der Waals surface area contributed by atoms with Gasteiger partial charge in [0.2, 0.25) is 9.84 Å². The van der Waals surface area contributed by atoms with E-state index in [-0.39, 0.29) is 9.79 Å². The van der Waals surface area contributed by atoms with Crippen LogP contribution < -0.4 is 0 Å². The SMILES string of the molecule is N#Cc1ccc(S(=O)(=O)c2ccc(-n3c4c(ccc5c4c4ccccc4n5-c4ccccc4)c4ccc5c6ccccc6n(-c6ccccc6)c5c43)cc2)cc1. The van der Waals surface area contributed by atoms with Gasteiger partial charge < -0.3 is 13.7 Å². The zero-order chi connectivity index (χ0) is 37.5. The summed E-state index contributed by atoms with van der Waals surface area (Å²) in [4.78, 5) is 0.326. The van der Waals surface area contributed by atoms with Crippen LogP contribution in [0.15, 0.2) is 192 Å². The maximum Gasteiger partial charge on any atom is 0.206 e. The monoisotopic (exact) mass is 738 g/mol. The number of rotatable bonds is 5. The zero-order valence-corrected chi connectivity index (χ0v) is 30.7. The highest BCUT2D eigenvalue weighted by Crippen LogP contribution is 2.46. The van der Waals surface area contributed by atoms with Gasteiger partial charge in [0.15, 0.2) is 0 Å². The fourth-order valence-electron chi connectivity index (χ4n) is 8.67. The second-order valence-electron chi connectivity index (χ2n) is 14.1. The van der Waals surface area contributed by atoms with Gasteiger partial charge in [-0.05, 0) is 91.0 Å². The lowest BCUT2D eigenvalue weighted by atomic mass is 10.1. The second kappa shape index (κ2) is 12.1. The predicted molar refractivity (Wildman–Crippen MR) is 226 cm³/mol. The standard InChI is InChI=1S/C49H30N4O2S/c50-31-32-19-23-36(24-20-32)56(54,55)37-25-21-35(22-26-37)53-47-40(29-30-45-46(47)42-16-8-10-18-44(42)51(45)33-11-3-1-4-12-33)41-28-27-39-38-15-7-9-17-43(38)52(48(39)49(41)53)34-13-5-2-6-14-34/h1-30H.